The van der Waals surface area contributed by atoms with Crippen molar-refractivity contribution < 1.29 is 0 Å². The molecule has 5 nitrogen and oxygen atoms in total. The molecule has 0 unspecified atom stereocenters. The van der Waals surface area contributed by atoms with Gasteiger partial charge < -0.3 is 0 Å². The van der Waals surface area contributed by atoms with Gasteiger partial charge in [0.2, 0.25) is 0 Å². The second kappa shape index (κ2) is 5.01. The first-order valence-corrected chi connectivity index (χ1v) is 7.98. The van der Waals surface area contributed by atoms with E-state index in [1.807, 2.05) is 29.6 Å². The van der Waals surface area contributed by atoms with E-state index in [0.717, 1.165) is 20.7 Å². The number of aromatic nitrogens is 1. The largest absolute Gasteiger partial charge is 0.272 e. The Bertz CT molecular complexity index is 824. The fourth-order valence-electron chi connectivity index (χ4n) is 2.28. The van der Waals surface area contributed by atoms with Gasteiger partial charge in [-0.2, -0.15) is 0 Å². The normalized spacial score (nSPS) is 15.8. The highest BCUT2D eigenvalue weighted by Crippen LogP contribution is 2.49. The van der Waals surface area contributed by atoms with Gasteiger partial charge in [0, 0.05) is 17.1 Å². The molecule has 3 aromatic rings. The quantitative estimate of drug-likeness (QED) is 0.681. The molecular weight excluding hydrogens is 302 g/mol. The summed E-state index contributed by atoms with van der Waals surface area (Å²) in [5.41, 5.74) is 0.978. The van der Waals surface area contributed by atoms with E-state index in [1.54, 1.807) is 17.5 Å². The van der Waals surface area contributed by atoms with Crippen LogP contribution in [0.15, 0.2) is 79.1 Å². The fourth-order valence-corrected chi connectivity index (χ4v) is 4.14. The summed E-state index contributed by atoms with van der Waals surface area (Å²) in [5, 5.41) is 20.2. The van der Waals surface area contributed by atoms with E-state index >= 15 is 0 Å². The van der Waals surface area contributed by atoms with E-state index in [2.05, 4.69) is 43.9 Å². The van der Waals surface area contributed by atoms with Crippen LogP contribution in [0.4, 0.5) is 0 Å². The summed E-state index contributed by atoms with van der Waals surface area (Å²) in [5.74, 6) is 0. The van der Waals surface area contributed by atoms with Crippen molar-refractivity contribution in [1.82, 2.24) is 4.98 Å². The summed E-state index contributed by atoms with van der Waals surface area (Å²) in [6.45, 7) is 0. The summed E-state index contributed by atoms with van der Waals surface area (Å²) in [4.78, 5) is 3.43. The van der Waals surface area contributed by atoms with Gasteiger partial charge in [-0.3, -0.25) is 0 Å². The molecule has 0 N–H and O–H groups in total. The first kappa shape index (κ1) is 12.6. The van der Waals surface area contributed by atoms with Crippen LogP contribution in [0.3, 0.4) is 0 Å². The molecule has 4 rings (SSSR count). The second-order valence-corrected chi connectivity index (χ2v) is 6.73. The first-order chi connectivity index (χ1) is 10.4. The van der Waals surface area contributed by atoms with Gasteiger partial charge in [-0.05, 0) is 33.0 Å². The van der Waals surface area contributed by atoms with E-state index in [0.29, 0.717) is 0 Å². The van der Waals surface area contributed by atoms with Crippen LogP contribution < -0.4 is 0 Å². The predicted octanol–water partition coefficient (Wildman–Crippen LogP) is 5.03. The van der Waals surface area contributed by atoms with Gasteiger partial charge >= 0.3 is 0 Å². The fraction of sp³-hybridized carbons (Fsp3) is 0.0714. The number of rotatable bonds is 3. The highest BCUT2D eigenvalue weighted by Gasteiger charge is 2.39. The van der Waals surface area contributed by atoms with E-state index in [4.69, 9.17) is 0 Å². The van der Waals surface area contributed by atoms with Gasteiger partial charge in [0.1, 0.15) is 0 Å². The van der Waals surface area contributed by atoms with Crippen molar-refractivity contribution in [1.29, 1.82) is 0 Å². The van der Waals surface area contributed by atoms with Crippen molar-refractivity contribution in [3.63, 3.8) is 0 Å². The molecule has 0 saturated carbocycles. The molecular formula is C14H9N5S2. The highest BCUT2D eigenvalue weighted by molar-refractivity contribution is 8.01. The predicted molar refractivity (Wildman–Crippen MR) is 83.3 cm³/mol. The highest BCUT2D eigenvalue weighted by atomic mass is 32.2. The Kier molecular flexibility index (Phi) is 3.01. The molecule has 2 heterocycles. The van der Waals surface area contributed by atoms with Gasteiger partial charge in [-0.15, -0.1) is 21.6 Å². The van der Waals surface area contributed by atoms with Gasteiger partial charge in [0.15, 0.2) is 4.34 Å². The summed E-state index contributed by atoms with van der Waals surface area (Å²) in [7, 11) is 0. The standard InChI is InChI=1S/C14H9N5S2/c1-2-6-11-10(4-1)5-3-7-12(11)14(16-18-19-17-14)21-13-15-8-9-20-13/h1-9H. The number of thiazole rings is 1. The number of hydrogen-bond acceptors (Lipinski definition) is 7. The molecule has 0 atom stereocenters. The number of hydrogen-bond donors (Lipinski definition) is 0. The maximum atomic E-state index is 4.31. The van der Waals surface area contributed by atoms with Crippen LogP contribution in [-0.2, 0) is 4.99 Å². The van der Waals surface area contributed by atoms with Crippen molar-refractivity contribution >= 4 is 33.9 Å². The van der Waals surface area contributed by atoms with Gasteiger partial charge in [0.05, 0.1) is 0 Å². The third-order valence-electron chi connectivity index (χ3n) is 3.18. The molecule has 1 aliphatic heterocycles. The summed E-state index contributed by atoms with van der Waals surface area (Å²) in [6.07, 6.45) is 1.77. The smallest absolute Gasteiger partial charge is 0.238 e. The van der Waals surface area contributed by atoms with Crippen LogP contribution in [0.2, 0.25) is 0 Å². The maximum absolute atomic E-state index is 4.31. The molecule has 1 aromatic heterocycles. The Morgan fingerprint density at radius 3 is 2.57 bits per heavy atom. The molecule has 0 saturated heterocycles. The molecule has 2 aromatic carbocycles. The van der Waals surface area contributed by atoms with E-state index < -0.39 is 4.99 Å². The van der Waals surface area contributed by atoms with Crippen LogP contribution in [0, 0.1) is 0 Å². The molecule has 0 amide bonds. The zero-order valence-corrected chi connectivity index (χ0v) is 12.4. The van der Waals surface area contributed by atoms with Crippen molar-refractivity contribution in [2.45, 2.75) is 9.33 Å². The van der Waals surface area contributed by atoms with Gasteiger partial charge in [-0.1, -0.05) is 42.5 Å². The molecule has 0 radical (unpaired) electrons. The molecule has 102 valence electrons. The van der Waals surface area contributed by atoms with Gasteiger partial charge in [-0.25, -0.2) is 4.98 Å². The van der Waals surface area contributed by atoms with Crippen LogP contribution in [0.25, 0.3) is 10.8 Å². The Morgan fingerprint density at radius 2 is 1.76 bits per heavy atom. The van der Waals surface area contributed by atoms with Crippen LogP contribution >= 0.6 is 23.1 Å². The zero-order chi connectivity index (χ0) is 14.1. The maximum Gasteiger partial charge on any atom is 0.272 e. The topological polar surface area (TPSA) is 62.3 Å². The lowest BCUT2D eigenvalue weighted by molar-refractivity contribution is 0.695. The molecule has 0 spiro atoms. The summed E-state index contributed by atoms with van der Waals surface area (Å²) < 4.78 is 0.891. The third-order valence-corrected chi connectivity index (χ3v) is 5.23. The lowest BCUT2D eigenvalue weighted by atomic mass is 10.0. The molecule has 0 bridgehead atoms. The Labute approximate surface area is 128 Å². The van der Waals surface area contributed by atoms with Crippen LogP contribution in [0.5, 0.6) is 0 Å². The monoisotopic (exact) mass is 311 g/mol. The van der Waals surface area contributed by atoms with E-state index in [1.165, 1.54) is 11.8 Å². The van der Waals surface area contributed by atoms with Gasteiger partial charge in [0.25, 0.3) is 4.99 Å². The second-order valence-electron chi connectivity index (χ2n) is 4.41. The molecule has 1 aliphatic rings. The SMILES string of the molecule is c1ccc2c(C3(Sc4nccs4)N=NN=N3)cccc2c1. The van der Waals surface area contributed by atoms with E-state index in [-0.39, 0.29) is 0 Å². The lowest BCUT2D eigenvalue weighted by Crippen LogP contribution is -2.14. The van der Waals surface area contributed by atoms with Crippen molar-refractivity contribution in [2.24, 2.45) is 20.7 Å². The third kappa shape index (κ3) is 2.14. The molecule has 0 aliphatic carbocycles. The Balaban J connectivity index is 1.91. The minimum atomic E-state index is -0.876. The molecule has 7 heteroatoms. The molecule has 0 fully saturated rings. The van der Waals surface area contributed by atoms with Crippen LogP contribution in [0.1, 0.15) is 5.56 Å². The van der Waals surface area contributed by atoms with Crippen molar-refractivity contribution in [2.75, 3.05) is 0 Å². The molecule has 21 heavy (non-hydrogen) atoms. The summed E-state index contributed by atoms with van der Waals surface area (Å²) in [6, 6.07) is 14.3. The zero-order valence-electron chi connectivity index (χ0n) is 10.7. The summed E-state index contributed by atoms with van der Waals surface area (Å²) >= 11 is 3.02. The van der Waals surface area contributed by atoms with Crippen molar-refractivity contribution in [3.8, 4) is 0 Å². The minimum Gasteiger partial charge on any atom is -0.238 e. The number of nitrogens with zero attached hydrogens (tertiary/aromatic N) is 5. The minimum absolute atomic E-state index is 0.876. The average molecular weight is 311 g/mol. The van der Waals surface area contributed by atoms with Crippen LogP contribution in [-0.4, -0.2) is 4.98 Å². The Morgan fingerprint density at radius 1 is 0.952 bits per heavy atom. The first-order valence-electron chi connectivity index (χ1n) is 6.28. The van der Waals surface area contributed by atoms with Crippen molar-refractivity contribution in [3.05, 3.63) is 59.6 Å². The average Bonchev–Trinajstić information content (AvgIpc) is 3.20. The number of fused-ring (bicyclic) bond motifs is 1. The number of benzene rings is 2. The number of thioether (sulfide) groups is 1. The Hall–Kier alpha value is -2.12. The lowest BCUT2D eigenvalue weighted by Gasteiger charge is -2.19. The van der Waals surface area contributed by atoms with E-state index in [9.17, 15) is 0 Å².